The van der Waals surface area contributed by atoms with Crippen molar-refractivity contribution in [1.29, 1.82) is 0 Å². The summed E-state index contributed by atoms with van der Waals surface area (Å²) in [6.45, 7) is 0.342. The van der Waals surface area contributed by atoms with Crippen LogP contribution in [0, 0.1) is 5.92 Å². The minimum Gasteiger partial charge on any atom is -0.489 e. The quantitative estimate of drug-likeness (QED) is 0.860. The number of anilines is 1. The lowest BCUT2D eigenvalue weighted by molar-refractivity contribution is -0.117. The van der Waals surface area contributed by atoms with E-state index in [-0.39, 0.29) is 11.8 Å². The van der Waals surface area contributed by atoms with E-state index < -0.39 is 5.91 Å². The first-order chi connectivity index (χ1) is 11.1. The molecule has 0 aromatic heterocycles. The van der Waals surface area contributed by atoms with E-state index in [4.69, 9.17) is 10.5 Å². The summed E-state index contributed by atoms with van der Waals surface area (Å²) in [5.74, 6) is 0.506. The van der Waals surface area contributed by atoms with Crippen LogP contribution in [0.25, 0.3) is 0 Å². The number of rotatable bonds is 6. The first kappa shape index (κ1) is 15.1. The molecular formula is C18H18N2O3. The average molecular weight is 310 g/mol. The largest absolute Gasteiger partial charge is 0.489 e. The highest BCUT2D eigenvalue weighted by atomic mass is 16.5. The van der Waals surface area contributed by atoms with Crippen LogP contribution in [0.2, 0.25) is 0 Å². The Hall–Kier alpha value is -2.82. The number of carbonyl (C=O) groups is 2. The molecule has 1 aliphatic carbocycles. The van der Waals surface area contributed by atoms with E-state index in [1.54, 1.807) is 30.3 Å². The van der Waals surface area contributed by atoms with Crippen molar-refractivity contribution in [2.24, 2.45) is 11.7 Å². The molecule has 0 aliphatic heterocycles. The van der Waals surface area contributed by atoms with E-state index in [0.29, 0.717) is 17.9 Å². The molecule has 1 aliphatic rings. The third-order valence-electron chi connectivity index (χ3n) is 3.69. The van der Waals surface area contributed by atoms with Crippen LogP contribution >= 0.6 is 0 Å². The van der Waals surface area contributed by atoms with Gasteiger partial charge in [0.05, 0.1) is 0 Å². The van der Waals surface area contributed by atoms with E-state index in [0.717, 1.165) is 24.1 Å². The summed E-state index contributed by atoms with van der Waals surface area (Å²) in [6.07, 6.45) is 1.97. The Balaban J connectivity index is 1.56. The molecule has 0 atom stereocenters. The molecule has 0 heterocycles. The lowest BCUT2D eigenvalue weighted by Gasteiger charge is -2.09. The average Bonchev–Trinajstić information content (AvgIpc) is 3.39. The molecule has 3 N–H and O–H groups in total. The molecule has 5 nitrogen and oxygen atoms in total. The Kier molecular flexibility index (Phi) is 4.28. The Morgan fingerprint density at radius 3 is 2.52 bits per heavy atom. The molecule has 1 fully saturated rings. The van der Waals surface area contributed by atoms with Gasteiger partial charge in [-0.2, -0.15) is 0 Å². The monoisotopic (exact) mass is 310 g/mol. The number of nitrogens with one attached hydrogen (secondary N) is 1. The minimum atomic E-state index is -0.456. The van der Waals surface area contributed by atoms with E-state index in [2.05, 4.69) is 5.32 Å². The smallest absolute Gasteiger partial charge is 0.248 e. The summed E-state index contributed by atoms with van der Waals surface area (Å²) in [7, 11) is 0. The third kappa shape index (κ3) is 4.10. The number of primary amides is 1. The van der Waals surface area contributed by atoms with Crippen molar-refractivity contribution in [3.8, 4) is 5.75 Å². The highest BCUT2D eigenvalue weighted by Gasteiger charge is 2.29. The SMILES string of the molecule is NC(=O)c1cccc(COc2ccc(NC(=O)C3CC3)cc2)c1. The predicted molar refractivity (Wildman–Crippen MR) is 87.1 cm³/mol. The van der Waals surface area contributed by atoms with Crippen LogP contribution in [0.3, 0.4) is 0 Å². The normalized spacial score (nSPS) is 13.4. The lowest BCUT2D eigenvalue weighted by atomic mass is 10.1. The maximum atomic E-state index is 11.7. The van der Waals surface area contributed by atoms with Gasteiger partial charge in [0.1, 0.15) is 12.4 Å². The second kappa shape index (κ2) is 6.52. The van der Waals surface area contributed by atoms with Crippen LogP contribution in [0.5, 0.6) is 5.75 Å². The lowest BCUT2D eigenvalue weighted by Crippen LogP contribution is -2.13. The third-order valence-corrected chi connectivity index (χ3v) is 3.69. The fourth-order valence-corrected chi connectivity index (χ4v) is 2.21. The Labute approximate surface area is 134 Å². The number of hydrogen-bond acceptors (Lipinski definition) is 3. The number of carbonyl (C=O) groups excluding carboxylic acids is 2. The molecule has 3 rings (SSSR count). The number of benzene rings is 2. The second-order valence-corrected chi connectivity index (χ2v) is 5.64. The summed E-state index contributed by atoms with van der Waals surface area (Å²) in [5, 5.41) is 2.88. The molecule has 1 saturated carbocycles. The molecule has 0 saturated heterocycles. The Morgan fingerprint density at radius 2 is 1.87 bits per heavy atom. The van der Waals surface area contributed by atoms with Crippen LogP contribution in [-0.2, 0) is 11.4 Å². The number of nitrogens with two attached hydrogens (primary N) is 1. The van der Waals surface area contributed by atoms with Crippen molar-refractivity contribution in [3.05, 3.63) is 59.7 Å². The molecule has 2 aromatic rings. The van der Waals surface area contributed by atoms with Gasteiger partial charge >= 0.3 is 0 Å². The van der Waals surface area contributed by atoms with Crippen molar-refractivity contribution in [2.75, 3.05) is 5.32 Å². The minimum absolute atomic E-state index is 0.0851. The predicted octanol–water partition coefficient (Wildman–Crippen LogP) is 2.71. The summed E-state index contributed by atoms with van der Waals surface area (Å²) in [6, 6.07) is 14.3. The van der Waals surface area contributed by atoms with Crippen LogP contribution < -0.4 is 15.8 Å². The van der Waals surface area contributed by atoms with Crippen LogP contribution in [-0.4, -0.2) is 11.8 Å². The van der Waals surface area contributed by atoms with Crippen LogP contribution in [0.4, 0.5) is 5.69 Å². The molecule has 0 unspecified atom stereocenters. The van der Waals surface area contributed by atoms with Crippen molar-refractivity contribution < 1.29 is 14.3 Å². The standard InChI is InChI=1S/C18H18N2O3/c19-17(21)14-3-1-2-12(10-14)11-23-16-8-6-15(7-9-16)20-18(22)13-4-5-13/h1-3,6-10,13H,4-5,11H2,(H2,19,21)(H,20,22). The molecule has 2 aromatic carbocycles. The van der Waals surface area contributed by atoms with Crippen LogP contribution in [0.1, 0.15) is 28.8 Å². The molecular weight excluding hydrogens is 292 g/mol. The van der Waals surface area contributed by atoms with Crippen molar-refractivity contribution >= 4 is 17.5 Å². The van der Waals surface area contributed by atoms with Crippen LogP contribution in [0.15, 0.2) is 48.5 Å². The van der Waals surface area contributed by atoms with Gasteiger partial charge in [-0.25, -0.2) is 0 Å². The second-order valence-electron chi connectivity index (χ2n) is 5.64. The van der Waals surface area contributed by atoms with Gasteiger partial charge in [-0.1, -0.05) is 12.1 Å². The summed E-state index contributed by atoms with van der Waals surface area (Å²) in [4.78, 5) is 22.8. The summed E-state index contributed by atoms with van der Waals surface area (Å²) in [5.41, 5.74) is 7.36. The first-order valence-corrected chi connectivity index (χ1v) is 7.54. The summed E-state index contributed by atoms with van der Waals surface area (Å²) < 4.78 is 5.68. The van der Waals surface area contributed by atoms with E-state index in [1.807, 2.05) is 18.2 Å². The van der Waals surface area contributed by atoms with Crippen molar-refractivity contribution in [3.63, 3.8) is 0 Å². The zero-order chi connectivity index (χ0) is 16.2. The topological polar surface area (TPSA) is 81.4 Å². The zero-order valence-corrected chi connectivity index (χ0v) is 12.6. The maximum absolute atomic E-state index is 11.7. The molecule has 118 valence electrons. The first-order valence-electron chi connectivity index (χ1n) is 7.54. The Morgan fingerprint density at radius 1 is 1.13 bits per heavy atom. The van der Waals surface area contributed by atoms with Gasteiger partial charge in [-0.05, 0) is 54.8 Å². The van der Waals surface area contributed by atoms with Gasteiger partial charge in [-0.3, -0.25) is 9.59 Å². The maximum Gasteiger partial charge on any atom is 0.248 e. The van der Waals surface area contributed by atoms with E-state index >= 15 is 0 Å². The van der Waals surface area contributed by atoms with E-state index in [9.17, 15) is 9.59 Å². The molecule has 0 spiro atoms. The highest BCUT2D eigenvalue weighted by Crippen LogP contribution is 2.30. The van der Waals surface area contributed by atoms with Gasteiger partial charge in [0, 0.05) is 17.2 Å². The molecule has 0 radical (unpaired) electrons. The molecule has 0 bridgehead atoms. The number of amides is 2. The van der Waals surface area contributed by atoms with Gasteiger partial charge in [0.15, 0.2) is 0 Å². The Bertz CT molecular complexity index is 721. The van der Waals surface area contributed by atoms with Gasteiger partial charge in [-0.15, -0.1) is 0 Å². The molecule has 5 heteroatoms. The van der Waals surface area contributed by atoms with Gasteiger partial charge < -0.3 is 15.8 Å². The zero-order valence-electron chi connectivity index (χ0n) is 12.6. The van der Waals surface area contributed by atoms with E-state index in [1.165, 1.54) is 0 Å². The number of hydrogen-bond donors (Lipinski definition) is 2. The molecule has 23 heavy (non-hydrogen) atoms. The highest BCUT2D eigenvalue weighted by molar-refractivity contribution is 5.94. The van der Waals surface area contributed by atoms with Crippen molar-refractivity contribution in [1.82, 2.24) is 0 Å². The number of ether oxygens (including phenoxy) is 1. The fourth-order valence-electron chi connectivity index (χ4n) is 2.21. The molecule has 2 amide bonds. The summed E-state index contributed by atoms with van der Waals surface area (Å²) >= 11 is 0. The van der Waals surface area contributed by atoms with Crippen molar-refractivity contribution in [2.45, 2.75) is 19.4 Å². The van der Waals surface area contributed by atoms with Gasteiger partial charge in [0.2, 0.25) is 11.8 Å². The fraction of sp³-hybridized carbons (Fsp3) is 0.222. The van der Waals surface area contributed by atoms with Gasteiger partial charge in [0.25, 0.3) is 0 Å².